The molecule has 2 atom stereocenters. The molecule has 0 radical (unpaired) electrons. The molecule has 0 bridgehead atoms. The lowest BCUT2D eigenvalue weighted by atomic mass is 9.95. The number of carboxylic acid groups (broad SMARTS) is 1. The minimum absolute atomic E-state index is 0.259. The molecule has 2 unspecified atom stereocenters. The van der Waals surface area contributed by atoms with Gasteiger partial charge in [-0.3, -0.25) is 4.79 Å². The van der Waals surface area contributed by atoms with E-state index in [0.717, 1.165) is 45.3 Å². The highest BCUT2D eigenvalue weighted by atomic mass is 16.5. The van der Waals surface area contributed by atoms with Crippen LogP contribution >= 0.6 is 0 Å². The lowest BCUT2D eigenvalue weighted by Crippen LogP contribution is -2.49. The van der Waals surface area contributed by atoms with E-state index in [9.17, 15) is 9.90 Å². The fraction of sp³-hybridized carbons (Fsp3) is 0.938. The van der Waals surface area contributed by atoms with E-state index in [4.69, 9.17) is 9.47 Å². The summed E-state index contributed by atoms with van der Waals surface area (Å²) in [5.74, 6) is -0.771. The van der Waals surface area contributed by atoms with Crippen molar-refractivity contribution in [1.82, 2.24) is 5.32 Å². The molecule has 1 saturated heterocycles. The maximum Gasteiger partial charge on any atom is 0.323 e. The highest BCUT2D eigenvalue weighted by Crippen LogP contribution is 2.15. The third-order valence-electron chi connectivity index (χ3n) is 4.03. The zero-order chi connectivity index (χ0) is 15.6. The van der Waals surface area contributed by atoms with E-state index in [1.165, 1.54) is 6.42 Å². The first-order chi connectivity index (χ1) is 10.1. The van der Waals surface area contributed by atoms with Crippen molar-refractivity contribution >= 4 is 5.97 Å². The highest BCUT2D eigenvalue weighted by Gasteiger charge is 2.31. The van der Waals surface area contributed by atoms with E-state index in [2.05, 4.69) is 5.32 Å². The third kappa shape index (κ3) is 7.25. The first-order valence-corrected chi connectivity index (χ1v) is 8.26. The largest absolute Gasteiger partial charge is 0.480 e. The van der Waals surface area contributed by atoms with Crippen molar-refractivity contribution in [3.63, 3.8) is 0 Å². The fourth-order valence-corrected chi connectivity index (χ4v) is 2.51. The van der Waals surface area contributed by atoms with E-state index in [1.807, 2.05) is 6.92 Å². The van der Waals surface area contributed by atoms with Crippen molar-refractivity contribution < 1.29 is 19.4 Å². The van der Waals surface area contributed by atoms with Crippen LogP contribution in [0.1, 0.15) is 58.8 Å². The number of aliphatic carboxylic acids is 1. The van der Waals surface area contributed by atoms with Gasteiger partial charge in [0.05, 0.1) is 12.7 Å². The quantitative estimate of drug-likeness (QED) is 0.574. The normalized spacial score (nSPS) is 21.9. The molecule has 0 aromatic carbocycles. The van der Waals surface area contributed by atoms with Crippen molar-refractivity contribution in [3.05, 3.63) is 0 Å². The van der Waals surface area contributed by atoms with Crippen LogP contribution in [0.5, 0.6) is 0 Å². The summed E-state index contributed by atoms with van der Waals surface area (Å²) in [5, 5.41) is 12.4. The molecule has 1 aliphatic heterocycles. The number of carbonyl (C=O) groups is 1. The second kappa shape index (κ2) is 10.1. The smallest absolute Gasteiger partial charge is 0.323 e. The number of rotatable bonds is 11. The number of carboxylic acids is 1. The fourth-order valence-electron chi connectivity index (χ4n) is 2.51. The third-order valence-corrected chi connectivity index (χ3v) is 4.03. The standard InChI is InChI=1S/C16H31NO4/c1-3-10-17-16(2,15(18)19)9-5-7-11-20-13-14-8-4-6-12-21-14/h14,17H,3-13H2,1-2H3,(H,18,19). The number of hydrogen-bond donors (Lipinski definition) is 2. The number of ether oxygens (including phenoxy) is 2. The van der Waals surface area contributed by atoms with Crippen LogP contribution < -0.4 is 5.32 Å². The summed E-state index contributed by atoms with van der Waals surface area (Å²) in [7, 11) is 0. The summed E-state index contributed by atoms with van der Waals surface area (Å²) in [4.78, 5) is 11.3. The maximum absolute atomic E-state index is 11.3. The number of unbranched alkanes of at least 4 members (excludes halogenated alkanes) is 1. The van der Waals surface area contributed by atoms with Crippen LogP contribution in [-0.4, -0.2) is 49.1 Å². The zero-order valence-electron chi connectivity index (χ0n) is 13.5. The summed E-state index contributed by atoms with van der Waals surface area (Å²) >= 11 is 0. The second-order valence-electron chi connectivity index (χ2n) is 6.08. The van der Waals surface area contributed by atoms with Gasteiger partial charge in [-0.1, -0.05) is 6.92 Å². The Bertz CT molecular complexity index is 292. The molecular weight excluding hydrogens is 270 g/mol. The van der Waals surface area contributed by atoms with Gasteiger partial charge in [-0.15, -0.1) is 0 Å². The Hall–Kier alpha value is -0.650. The summed E-state index contributed by atoms with van der Waals surface area (Å²) in [6.07, 6.45) is 7.06. The lowest BCUT2D eigenvalue weighted by Gasteiger charge is -2.26. The van der Waals surface area contributed by atoms with Crippen molar-refractivity contribution in [2.24, 2.45) is 0 Å². The molecular formula is C16H31NO4. The molecule has 0 aromatic heterocycles. The maximum atomic E-state index is 11.3. The second-order valence-corrected chi connectivity index (χ2v) is 6.08. The first-order valence-electron chi connectivity index (χ1n) is 8.26. The lowest BCUT2D eigenvalue weighted by molar-refractivity contribution is -0.144. The monoisotopic (exact) mass is 301 g/mol. The molecule has 124 valence electrons. The molecule has 0 spiro atoms. The van der Waals surface area contributed by atoms with Gasteiger partial charge in [0.25, 0.3) is 0 Å². The van der Waals surface area contributed by atoms with E-state index in [0.29, 0.717) is 19.6 Å². The van der Waals surface area contributed by atoms with Gasteiger partial charge in [-0.25, -0.2) is 0 Å². The molecule has 1 fully saturated rings. The molecule has 1 aliphatic rings. The SMILES string of the molecule is CCCNC(C)(CCCCOCC1CCCCO1)C(=O)O. The molecule has 5 nitrogen and oxygen atoms in total. The van der Waals surface area contributed by atoms with E-state index in [1.54, 1.807) is 6.92 Å². The highest BCUT2D eigenvalue weighted by molar-refractivity contribution is 5.78. The number of nitrogens with one attached hydrogen (secondary N) is 1. The van der Waals surface area contributed by atoms with Crippen molar-refractivity contribution in [1.29, 1.82) is 0 Å². The summed E-state index contributed by atoms with van der Waals surface area (Å²) in [5.41, 5.74) is -0.817. The average molecular weight is 301 g/mol. The van der Waals surface area contributed by atoms with Crippen LogP contribution in [0.2, 0.25) is 0 Å². The topological polar surface area (TPSA) is 67.8 Å². The van der Waals surface area contributed by atoms with Gasteiger partial charge in [0.15, 0.2) is 0 Å². The van der Waals surface area contributed by atoms with Crippen LogP contribution in [0.15, 0.2) is 0 Å². The van der Waals surface area contributed by atoms with Gasteiger partial charge < -0.3 is 19.9 Å². The Morgan fingerprint density at radius 1 is 1.43 bits per heavy atom. The molecule has 2 N–H and O–H groups in total. The van der Waals surface area contributed by atoms with E-state index in [-0.39, 0.29) is 6.10 Å². The van der Waals surface area contributed by atoms with Gasteiger partial charge in [0.1, 0.15) is 5.54 Å². The number of hydrogen-bond acceptors (Lipinski definition) is 4. The Morgan fingerprint density at radius 3 is 2.86 bits per heavy atom. The van der Waals surface area contributed by atoms with Crippen molar-refractivity contribution in [2.45, 2.75) is 70.4 Å². The van der Waals surface area contributed by atoms with Gasteiger partial charge in [0.2, 0.25) is 0 Å². The Morgan fingerprint density at radius 2 is 2.24 bits per heavy atom. The molecule has 0 amide bonds. The van der Waals surface area contributed by atoms with Gasteiger partial charge >= 0.3 is 5.97 Å². The molecule has 21 heavy (non-hydrogen) atoms. The molecule has 5 heteroatoms. The zero-order valence-corrected chi connectivity index (χ0v) is 13.5. The van der Waals surface area contributed by atoms with Gasteiger partial charge in [-0.2, -0.15) is 0 Å². The predicted molar refractivity (Wildman–Crippen MR) is 82.6 cm³/mol. The van der Waals surface area contributed by atoms with Crippen LogP contribution in [0.3, 0.4) is 0 Å². The molecule has 1 heterocycles. The first kappa shape index (κ1) is 18.4. The molecule has 0 aliphatic carbocycles. The predicted octanol–water partition coefficient (Wildman–Crippen LogP) is 2.59. The molecule has 0 aromatic rings. The van der Waals surface area contributed by atoms with Crippen molar-refractivity contribution in [3.8, 4) is 0 Å². The van der Waals surface area contributed by atoms with Crippen LogP contribution in [0.25, 0.3) is 0 Å². The minimum atomic E-state index is -0.817. The van der Waals surface area contributed by atoms with Crippen LogP contribution in [0, 0.1) is 0 Å². The van der Waals surface area contributed by atoms with Crippen LogP contribution in [-0.2, 0) is 14.3 Å². The van der Waals surface area contributed by atoms with Crippen molar-refractivity contribution in [2.75, 3.05) is 26.4 Å². The van der Waals surface area contributed by atoms with Gasteiger partial charge in [-0.05, 0) is 58.4 Å². The van der Waals surface area contributed by atoms with Crippen LogP contribution in [0.4, 0.5) is 0 Å². The van der Waals surface area contributed by atoms with E-state index < -0.39 is 11.5 Å². The summed E-state index contributed by atoms with van der Waals surface area (Å²) in [6.45, 7) is 6.75. The summed E-state index contributed by atoms with van der Waals surface area (Å²) < 4.78 is 11.2. The molecule has 0 saturated carbocycles. The Labute approximate surface area is 128 Å². The average Bonchev–Trinajstić information content (AvgIpc) is 2.49. The van der Waals surface area contributed by atoms with E-state index >= 15 is 0 Å². The summed E-state index contributed by atoms with van der Waals surface area (Å²) in [6, 6.07) is 0. The Balaban J connectivity index is 2.09. The van der Waals surface area contributed by atoms with Gasteiger partial charge in [0, 0.05) is 13.2 Å². The minimum Gasteiger partial charge on any atom is -0.480 e. The Kier molecular flexibility index (Phi) is 8.88. The molecule has 1 rings (SSSR count).